The highest BCUT2D eigenvalue weighted by molar-refractivity contribution is 7.86. The van der Waals surface area contributed by atoms with E-state index in [2.05, 4.69) is 5.32 Å². The highest BCUT2D eigenvalue weighted by atomic mass is 32.2. The van der Waals surface area contributed by atoms with Gasteiger partial charge in [0.1, 0.15) is 11.6 Å². The molecule has 0 saturated carbocycles. The molecule has 0 atom stereocenters. The molecule has 9 nitrogen and oxygen atoms in total. The lowest BCUT2D eigenvalue weighted by atomic mass is 9.94. The Balaban J connectivity index is 2.03. The van der Waals surface area contributed by atoms with Crippen LogP contribution in [-0.4, -0.2) is 37.5 Å². The van der Waals surface area contributed by atoms with Gasteiger partial charge in [-0.2, -0.15) is 8.42 Å². The van der Waals surface area contributed by atoms with Gasteiger partial charge < -0.3 is 20.3 Å². The van der Waals surface area contributed by atoms with Crippen molar-refractivity contribution in [3.63, 3.8) is 0 Å². The van der Waals surface area contributed by atoms with Crippen molar-refractivity contribution in [2.24, 2.45) is 5.73 Å². The van der Waals surface area contributed by atoms with Crippen LogP contribution in [0.15, 0.2) is 66.7 Å². The zero-order valence-electron chi connectivity index (χ0n) is 16.8. The van der Waals surface area contributed by atoms with Crippen LogP contribution in [0, 0.1) is 5.41 Å². The van der Waals surface area contributed by atoms with Crippen LogP contribution >= 0.6 is 0 Å². The van der Waals surface area contributed by atoms with Crippen molar-refractivity contribution in [1.82, 2.24) is 0 Å². The molecule has 32 heavy (non-hydrogen) atoms. The van der Waals surface area contributed by atoms with Crippen molar-refractivity contribution in [1.29, 1.82) is 5.41 Å². The molecule has 0 aliphatic heterocycles. The molecule has 3 aromatic rings. The van der Waals surface area contributed by atoms with Crippen LogP contribution in [0.5, 0.6) is 5.75 Å². The summed E-state index contributed by atoms with van der Waals surface area (Å²) in [6.45, 7) is 0. The predicted molar refractivity (Wildman–Crippen MR) is 120 cm³/mol. The third-order valence-electron chi connectivity index (χ3n) is 4.38. The van der Waals surface area contributed by atoms with Gasteiger partial charge in [0.15, 0.2) is 0 Å². The molecule has 0 bridgehead atoms. The molecule has 3 aromatic carbocycles. The first-order chi connectivity index (χ1) is 15.0. The number of hydrogen-bond donors (Lipinski definition) is 4. The number of nitrogens with one attached hydrogen (secondary N) is 2. The van der Waals surface area contributed by atoms with Crippen LogP contribution < -0.4 is 15.2 Å². The molecule has 0 spiro atoms. The fourth-order valence-corrected chi connectivity index (χ4v) is 3.46. The summed E-state index contributed by atoms with van der Waals surface area (Å²) in [5.74, 6) is -1.95. The Morgan fingerprint density at radius 3 is 2.22 bits per heavy atom. The average molecular weight is 453 g/mol. The van der Waals surface area contributed by atoms with Crippen LogP contribution in [0.25, 0.3) is 11.1 Å². The second-order valence-electron chi connectivity index (χ2n) is 6.79. The number of hydrogen-bond acceptors (Lipinski definition) is 6. The molecule has 5 N–H and O–H groups in total. The molecule has 0 saturated heterocycles. The molecule has 10 heteroatoms. The molecule has 164 valence electrons. The standard InChI is InChI=1S/C22H19N3O6S/c1-32(29,30)31-15-10-11-18(22(27)28)19(12-15)16-4-2-3-5-17(16)21(26)25-14-8-6-13(7-9-14)20(23)24/h2-12H,1H3,(H3,23,24)(H,25,26)(H,27,28). The lowest BCUT2D eigenvalue weighted by molar-refractivity contribution is 0.0697. The summed E-state index contributed by atoms with van der Waals surface area (Å²) in [5, 5.41) is 19.7. The van der Waals surface area contributed by atoms with Crippen molar-refractivity contribution in [2.75, 3.05) is 11.6 Å². The molecule has 0 heterocycles. The maximum Gasteiger partial charge on any atom is 0.336 e. The number of carbonyl (C=O) groups excluding carboxylic acids is 1. The third-order valence-corrected chi connectivity index (χ3v) is 4.88. The number of nitrogens with two attached hydrogens (primary N) is 1. The second-order valence-corrected chi connectivity index (χ2v) is 8.37. The number of anilines is 1. The summed E-state index contributed by atoms with van der Waals surface area (Å²) < 4.78 is 27.9. The molecule has 0 aliphatic rings. The first-order valence-corrected chi connectivity index (χ1v) is 11.0. The molecule has 0 unspecified atom stereocenters. The number of amides is 1. The highest BCUT2D eigenvalue weighted by Crippen LogP contribution is 2.32. The number of rotatable bonds is 7. The monoisotopic (exact) mass is 453 g/mol. The minimum atomic E-state index is -3.84. The molecule has 0 fully saturated rings. The minimum absolute atomic E-state index is 0.0810. The summed E-state index contributed by atoms with van der Waals surface area (Å²) >= 11 is 0. The summed E-state index contributed by atoms with van der Waals surface area (Å²) in [6, 6.07) is 16.4. The van der Waals surface area contributed by atoms with Gasteiger partial charge in [0.05, 0.1) is 11.8 Å². The van der Waals surface area contributed by atoms with Gasteiger partial charge in [0.2, 0.25) is 0 Å². The Labute approximate surface area is 184 Å². The van der Waals surface area contributed by atoms with E-state index >= 15 is 0 Å². The lowest BCUT2D eigenvalue weighted by Crippen LogP contribution is -2.15. The summed E-state index contributed by atoms with van der Waals surface area (Å²) in [7, 11) is -3.84. The van der Waals surface area contributed by atoms with Crippen LogP contribution in [0.4, 0.5) is 5.69 Å². The largest absolute Gasteiger partial charge is 0.478 e. The maximum absolute atomic E-state index is 13.0. The van der Waals surface area contributed by atoms with E-state index in [1.54, 1.807) is 42.5 Å². The average Bonchev–Trinajstić information content (AvgIpc) is 2.72. The minimum Gasteiger partial charge on any atom is -0.478 e. The summed E-state index contributed by atoms with van der Waals surface area (Å²) in [4.78, 5) is 24.7. The van der Waals surface area contributed by atoms with Crippen LogP contribution in [0.2, 0.25) is 0 Å². The van der Waals surface area contributed by atoms with Gasteiger partial charge in [0, 0.05) is 22.4 Å². The lowest BCUT2D eigenvalue weighted by Gasteiger charge is -2.14. The van der Waals surface area contributed by atoms with E-state index in [0.29, 0.717) is 11.3 Å². The molecule has 0 aliphatic carbocycles. The van der Waals surface area contributed by atoms with Crippen molar-refractivity contribution in [3.05, 3.63) is 83.4 Å². The summed E-state index contributed by atoms with van der Waals surface area (Å²) in [5.41, 5.74) is 6.82. The van der Waals surface area contributed by atoms with E-state index in [0.717, 1.165) is 6.26 Å². The van der Waals surface area contributed by atoms with Gasteiger partial charge in [-0.05, 0) is 54.1 Å². The number of nitrogen functional groups attached to an aromatic ring is 1. The van der Waals surface area contributed by atoms with Gasteiger partial charge in [-0.1, -0.05) is 18.2 Å². The predicted octanol–water partition coefficient (Wildman–Crippen LogP) is 2.93. The fraction of sp³-hybridized carbons (Fsp3) is 0.0455. The molecule has 1 amide bonds. The third kappa shape index (κ3) is 5.29. The Bertz CT molecular complexity index is 1320. The van der Waals surface area contributed by atoms with E-state index in [-0.39, 0.29) is 33.8 Å². The molecular weight excluding hydrogens is 434 g/mol. The number of benzene rings is 3. The molecule has 0 radical (unpaired) electrons. The Morgan fingerprint density at radius 2 is 1.62 bits per heavy atom. The Hall–Kier alpha value is -4.18. The van der Waals surface area contributed by atoms with Crippen molar-refractivity contribution < 1.29 is 27.3 Å². The van der Waals surface area contributed by atoms with Crippen LogP contribution in [0.3, 0.4) is 0 Å². The summed E-state index contributed by atoms with van der Waals surface area (Å²) in [6.07, 6.45) is 0.872. The first kappa shape index (κ1) is 22.5. The van der Waals surface area contributed by atoms with Crippen molar-refractivity contribution in [3.8, 4) is 16.9 Å². The van der Waals surface area contributed by atoms with E-state index in [1.165, 1.54) is 24.3 Å². The number of aromatic carboxylic acids is 1. The number of carbonyl (C=O) groups is 2. The van der Waals surface area contributed by atoms with Gasteiger partial charge in [0.25, 0.3) is 5.91 Å². The second kappa shape index (κ2) is 8.90. The van der Waals surface area contributed by atoms with Crippen molar-refractivity contribution >= 4 is 33.5 Å². The zero-order valence-corrected chi connectivity index (χ0v) is 17.6. The zero-order chi connectivity index (χ0) is 23.5. The Kier molecular flexibility index (Phi) is 6.26. The van der Waals surface area contributed by atoms with Crippen LogP contribution in [0.1, 0.15) is 26.3 Å². The molecule has 3 rings (SSSR count). The number of carboxylic acid groups (broad SMARTS) is 1. The highest BCUT2D eigenvalue weighted by Gasteiger charge is 2.20. The van der Waals surface area contributed by atoms with Gasteiger partial charge in [-0.15, -0.1) is 0 Å². The molecular formula is C22H19N3O6S. The maximum atomic E-state index is 13.0. The van der Waals surface area contributed by atoms with Gasteiger partial charge in [-0.25, -0.2) is 4.79 Å². The fourth-order valence-electron chi connectivity index (χ4n) is 3.01. The topological polar surface area (TPSA) is 160 Å². The van der Waals surface area contributed by atoms with Gasteiger partial charge in [-0.3, -0.25) is 10.2 Å². The van der Waals surface area contributed by atoms with E-state index in [9.17, 15) is 23.1 Å². The first-order valence-electron chi connectivity index (χ1n) is 9.17. The van der Waals surface area contributed by atoms with E-state index in [1.807, 2.05) is 0 Å². The van der Waals surface area contributed by atoms with Gasteiger partial charge >= 0.3 is 16.1 Å². The SMILES string of the molecule is CS(=O)(=O)Oc1ccc(C(=O)O)c(-c2ccccc2C(=O)Nc2ccc(C(=N)N)cc2)c1. The number of carboxylic acids is 1. The molecule has 0 aromatic heterocycles. The quantitative estimate of drug-likeness (QED) is 0.243. The smallest absolute Gasteiger partial charge is 0.336 e. The van der Waals surface area contributed by atoms with Crippen LogP contribution in [-0.2, 0) is 10.1 Å². The Morgan fingerprint density at radius 1 is 0.969 bits per heavy atom. The number of amidine groups is 1. The van der Waals surface area contributed by atoms with E-state index < -0.39 is 22.0 Å². The van der Waals surface area contributed by atoms with Crippen molar-refractivity contribution in [2.45, 2.75) is 0 Å². The van der Waals surface area contributed by atoms with E-state index in [4.69, 9.17) is 15.3 Å². The normalized spacial score (nSPS) is 10.9.